The van der Waals surface area contributed by atoms with Gasteiger partial charge in [0.05, 0.1) is 6.61 Å². The van der Waals surface area contributed by atoms with Crippen LogP contribution < -0.4 is 15.4 Å². The van der Waals surface area contributed by atoms with Gasteiger partial charge in [0.25, 0.3) is 0 Å². The summed E-state index contributed by atoms with van der Waals surface area (Å²) in [5.74, 6) is 0.762. The van der Waals surface area contributed by atoms with Crippen molar-refractivity contribution in [3.8, 4) is 5.75 Å². The van der Waals surface area contributed by atoms with E-state index in [9.17, 15) is 4.79 Å². The van der Waals surface area contributed by atoms with Gasteiger partial charge in [-0.1, -0.05) is 18.2 Å². The summed E-state index contributed by atoms with van der Waals surface area (Å²) in [5.41, 5.74) is 0.308. The van der Waals surface area contributed by atoms with Crippen LogP contribution in [0.3, 0.4) is 0 Å². The molecule has 0 aliphatic carbocycles. The Hall–Kier alpha value is -2.38. The fourth-order valence-electron chi connectivity index (χ4n) is 3.29. The highest BCUT2D eigenvalue weighted by molar-refractivity contribution is 5.84. The van der Waals surface area contributed by atoms with E-state index in [1.807, 2.05) is 36.5 Å². The predicted octanol–water partition coefficient (Wildman–Crippen LogP) is 1.30. The molecule has 1 aromatic carbocycles. The second-order valence-electron chi connectivity index (χ2n) is 6.36. The first-order chi connectivity index (χ1) is 12.8. The van der Waals surface area contributed by atoms with Crippen molar-refractivity contribution in [3.05, 3.63) is 48.3 Å². The molecular formula is C19H26N4O3. The molecule has 2 N–H and O–H groups in total. The molecule has 0 unspecified atom stereocenters. The minimum absolute atomic E-state index is 0.00519. The predicted molar refractivity (Wildman–Crippen MR) is 98.0 cm³/mol. The molecule has 1 fully saturated rings. The summed E-state index contributed by atoms with van der Waals surface area (Å²) >= 11 is 0. The molecule has 0 bridgehead atoms. The Morgan fingerprint density at radius 2 is 2.08 bits per heavy atom. The maximum atomic E-state index is 13.1. The number of piperidine rings is 1. The van der Waals surface area contributed by atoms with Crippen molar-refractivity contribution in [3.63, 3.8) is 0 Å². The van der Waals surface area contributed by atoms with Crippen molar-refractivity contribution < 1.29 is 14.3 Å². The molecule has 0 saturated carbocycles. The molecule has 1 aliphatic rings. The molecule has 0 atom stereocenters. The van der Waals surface area contributed by atoms with Gasteiger partial charge in [0.2, 0.25) is 5.91 Å². The van der Waals surface area contributed by atoms with Crippen molar-refractivity contribution in [1.29, 1.82) is 0 Å². The maximum absolute atomic E-state index is 13.1. The Bertz CT molecular complexity index is 697. The third-order valence-corrected chi connectivity index (χ3v) is 4.75. The highest BCUT2D eigenvalue weighted by Gasteiger charge is 2.41. The molecule has 0 spiro atoms. The average Bonchev–Trinajstić information content (AvgIpc) is 3.23. The highest BCUT2D eigenvalue weighted by Crippen LogP contribution is 2.27. The van der Waals surface area contributed by atoms with E-state index in [1.54, 1.807) is 18.0 Å². The molecule has 1 saturated heterocycles. The van der Waals surface area contributed by atoms with Crippen LogP contribution in [-0.4, -0.2) is 49.1 Å². The molecule has 140 valence electrons. The Balaban J connectivity index is 1.69. The first-order valence-electron chi connectivity index (χ1n) is 8.95. The van der Waals surface area contributed by atoms with Crippen molar-refractivity contribution in [2.75, 3.05) is 33.4 Å². The number of hydrogen-bond donors (Lipinski definition) is 2. The van der Waals surface area contributed by atoms with Gasteiger partial charge in [0, 0.05) is 31.6 Å². The zero-order valence-corrected chi connectivity index (χ0v) is 15.1. The van der Waals surface area contributed by atoms with E-state index >= 15 is 0 Å². The number of ether oxygens (including phenoxy) is 2. The minimum atomic E-state index is -0.638. The summed E-state index contributed by atoms with van der Waals surface area (Å²) in [6.45, 7) is 3.01. The lowest BCUT2D eigenvalue weighted by molar-refractivity contribution is -0.132. The van der Waals surface area contributed by atoms with E-state index in [1.165, 1.54) is 0 Å². The molecule has 7 heteroatoms. The Kier molecular flexibility index (Phi) is 6.25. The van der Waals surface area contributed by atoms with Crippen LogP contribution in [0.5, 0.6) is 5.75 Å². The molecule has 26 heavy (non-hydrogen) atoms. The van der Waals surface area contributed by atoms with Gasteiger partial charge in [-0.2, -0.15) is 5.10 Å². The first kappa shape index (κ1) is 18.4. The number of rotatable bonds is 8. The lowest BCUT2D eigenvalue weighted by atomic mass is 9.87. The number of amides is 1. The number of hydrogen-bond acceptors (Lipinski definition) is 5. The van der Waals surface area contributed by atoms with Gasteiger partial charge in [0.15, 0.2) is 0 Å². The summed E-state index contributed by atoms with van der Waals surface area (Å²) in [7, 11) is 1.64. The molecule has 1 amide bonds. The average molecular weight is 358 g/mol. The topological polar surface area (TPSA) is 77.4 Å². The number of nitrogens with zero attached hydrogens (tertiary/aromatic N) is 2. The van der Waals surface area contributed by atoms with Crippen molar-refractivity contribution in [2.24, 2.45) is 0 Å². The molecule has 1 aliphatic heterocycles. The Labute approximate surface area is 153 Å². The van der Waals surface area contributed by atoms with Crippen molar-refractivity contribution in [1.82, 2.24) is 20.4 Å². The van der Waals surface area contributed by atoms with Crippen molar-refractivity contribution in [2.45, 2.75) is 24.9 Å². The number of carbonyl (C=O) groups excluding carboxylic acids is 1. The minimum Gasteiger partial charge on any atom is -0.491 e. The quantitative estimate of drug-likeness (QED) is 0.696. The summed E-state index contributed by atoms with van der Waals surface area (Å²) < 4.78 is 12.6. The number of para-hydroxylation sites is 1. The lowest BCUT2D eigenvalue weighted by Gasteiger charge is -2.36. The van der Waals surface area contributed by atoms with Crippen LogP contribution in [0.4, 0.5) is 0 Å². The number of carbonyl (C=O) groups is 1. The normalized spacial score (nSPS) is 16.2. The van der Waals surface area contributed by atoms with Crippen LogP contribution in [0.25, 0.3) is 0 Å². The van der Waals surface area contributed by atoms with E-state index in [0.29, 0.717) is 32.6 Å². The van der Waals surface area contributed by atoms with Crippen LogP contribution in [0.2, 0.25) is 0 Å². The summed E-state index contributed by atoms with van der Waals surface area (Å²) in [6, 6.07) is 9.59. The van der Waals surface area contributed by atoms with E-state index in [-0.39, 0.29) is 5.91 Å². The standard InChI is InChI=1S/C19H26N4O3/c1-25-13-14-26-17-6-3-2-5-16(17)15-21-18(24)19(7-10-20-11-8-19)23-12-4-9-22-23/h2-6,9,12,20H,7-8,10-11,13-15H2,1H3,(H,21,24). The van der Waals surface area contributed by atoms with Gasteiger partial charge in [0.1, 0.15) is 17.9 Å². The van der Waals surface area contributed by atoms with Gasteiger partial charge in [-0.3, -0.25) is 9.48 Å². The molecular weight excluding hydrogens is 332 g/mol. The van der Waals surface area contributed by atoms with Gasteiger partial charge >= 0.3 is 0 Å². The van der Waals surface area contributed by atoms with Gasteiger partial charge in [-0.25, -0.2) is 0 Å². The zero-order valence-electron chi connectivity index (χ0n) is 15.1. The van der Waals surface area contributed by atoms with Gasteiger partial charge in [-0.15, -0.1) is 0 Å². The fraction of sp³-hybridized carbons (Fsp3) is 0.474. The summed E-state index contributed by atoms with van der Waals surface area (Å²) in [5, 5.41) is 10.7. The second kappa shape index (κ2) is 8.82. The molecule has 2 heterocycles. The molecule has 3 rings (SSSR count). The van der Waals surface area contributed by atoms with Gasteiger partial charge < -0.3 is 20.1 Å². The van der Waals surface area contributed by atoms with Crippen LogP contribution in [-0.2, 0) is 21.6 Å². The van der Waals surface area contributed by atoms with E-state index in [0.717, 1.165) is 24.4 Å². The summed E-state index contributed by atoms with van der Waals surface area (Å²) in [6.07, 6.45) is 5.02. The van der Waals surface area contributed by atoms with Crippen LogP contribution in [0.15, 0.2) is 42.7 Å². The third-order valence-electron chi connectivity index (χ3n) is 4.75. The third kappa shape index (κ3) is 4.05. The van der Waals surface area contributed by atoms with Crippen LogP contribution in [0.1, 0.15) is 18.4 Å². The van der Waals surface area contributed by atoms with E-state index in [4.69, 9.17) is 9.47 Å². The van der Waals surface area contributed by atoms with Crippen LogP contribution in [0, 0.1) is 0 Å². The summed E-state index contributed by atoms with van der Waals surface area (Å²) in [4.78, 5) is 13.1. The fourth-order valence-corrected chi connectivity index (χ4v) is 3.29. The lowest BCUT2D eigenvalue weighted by Crippen LogP contribution is -2.54. The number of benzene rings is 1. The Morgan fingerprint density at radius 1 is 1.27 bits per heavy atom. The largest absolute Gasteiger partial charge is 0.491 e. The highest BCUT2D eigenvalue weighted by atomic mass is 16.5. The first-order valence-corrected chi connectivity index (χ1v) is 8.95. The Morgan fingerprint density at radius 3 is 2.81 bits per heavy atom. The molecule has 1 aromatic heterocycles. The SMILES string of the molecule is COCCOc1ccccc1CNC(=O)C1(n2cccn2)CCNCC1. The molecule has 0 radical (unpaired) electrons. The zero-order chi connectivity index (χ0) is 18.2. The van der Waals surface area contributed by atoms with Crippen LogP contribution >= 0.6 is 0 Å². The number of methoxy groups -OCH3 is 1. The number of nitrogens with one attached hydrogen (secondary N) is 2. The number of aromatic nitrogens is 2. The second-order valence-corrected chi connectivity index (χ2v) is 6.36. The van der Waals surface area contributed by atoms with Crippen molar-refractivity contribution >= 4 is 5.91 Å². The smallest absolute Gasteiger partial charge is 0.248 e. The van der Waals surface area contributed by atoms with E-state index in [2.05, 4.69) is 15.7 Å². The molecule has 7 nitrogen and oxygen atoms in total. The molecule has 2 aromatic rings. The monoisotopic (exact) mass is 358 g/mol. The maximum Gasteiger partial charge on any atom is 0.248 e. The van der Waals surface area contributed by atoms with E-state index < -0.39 is 5.54 Å². The van der Waals surface area contributed by atoms with Gasteiger partial charge in [-0.05, 0) is 38.1 Å².